The minimum absolute atomic E-state index is 0.161. The van der Waals surface area contributed by atoms with Gasteiger partial charge in [-0.05, 0) is 41.6 Å². The van der Waals surface area contributed by atoms with Crippen LogP contribution in [-0.2, 0) is 5.41 Å². The fraction of sp³-hybridized carbons (Fsp3) is 0.769. The molecule has 0 unspecified atom stereocenters. The summed E-state index contributed by atoms with van der Waals surface area (Å²) in [5, 5.41) is 21.1. The highest BCUT2D eigenvalue weighted by atomic mass is 32.2. The zero-order valence-corrected chi connectivity index (χ0v) is 20.8. The van der Waals surface area contributed by atoms with Gasteiger partial charge in [-0.15, -0.1) is 11.8 Å². The summed E-state index contributed by atoms with van der Waals surface area (Å²) in [7, 11) is 0. The Morgan fingerprint density at radius 1 is 0.724 bits per heavy atom. The van der Waals surface area contributed by atoms with Crippen LogP contribution in [0.4, 0.5) is 0 Å². The third-order valence-corrected chi connectivity index (χ3v) is 6.66. The predicted molar refractivity (Wildman–Crippen MR) is 129 cm³/mol. The van der Waals surface area contributed by atoms with Gasteiger partial charge in [0.2, 0.25) is 0 Å². The number of hydrogen-bond donors (Lipinski definition) is 2. The first-order valence-electron chi connectivity index (χ1n) is 11.8. The van der Waals surface area contributed by atoms with Crippen LogP contribution in [-0.4, -0.2) is 16.0 Å². The minimum atomic E-state index is -0.181. The van der Waals surface area contributed by atoms with Crippen molar-refractivity contribution in [2.45, 2.75) is 122 Å². The zero-order valence-electron chi connectivity index (χ0n) is 19.9. The topological polar surface area (TPSA) is 40.5 Å². The molecule has 0 aliphatic rings. The maximum atomic E-state index is 10.6. The second kappa shape index (κ2) is 12.8. The monoisotopic (exact) mass is 422 g/mol. The normalized spacial score (nSPS) is 12.5. The van der Waals surface area contributed by atoms with Gasteiger partial charge in [0.15, 0.2) is 0 Å². The van der Waals surface area contributed by atoms with Gasteiger partial charge in [0, 0.05) is 5.56 Å². The van der Waals surface area contributed by atoms with E-state index in [4.69, 9.17) is 0 Å². The Bertz CT molecular complexity index is 587. The standard InChI is InChI=1S/C26H46O2S/c1-7-8-9-10-11-12-13-14-15-16-17-29-24-19-22(27)21(18-23(24)28)26(5,6)20-25(2,3)4/h18-19,27-28H,7-17,20H2,1-6H3. The number of thioether (sulfide) groups is 1. The van der Waals surface area contributed by atoms with Gasteiger partial charge in [-0.3, -0.25) is 0 Å². The Hall–Kier alpha value is -0.830. The predicted octanol–water partition coefficient (Wildman–Crippen LogP) is 8.82. The minimum Gasteiger partial charge on any atom is -0.508 e. The molecular formula is C26H46O2S. The largest absolute Gasteiger partial charge is 0.508 e. The van der Waals surface area contributed by atoms with Gasteiger partial charge in [0.05, 0.1) is 4.90 Å². The second-order valence-corrected chi connectivity index (χ2v) is 11.6. The third kappa shape index (κ3) is 10.7. The molecule has 0 saturated heterocycles. The van der Waals surface area contributed by atoms with Crippen LogP contribution in [0.5, 0.6) is 11.5 Å². The molecule has 0 aliphatic carbocycles. The number of rotatable bonds is 14. The van der Waals surface area contributed by atoms with Gasteiger partial charge < -0.3 is 10.2 Å². The molecule has 0 saturated carbocycles. The van der Waals surface area contributed by atoms with E-state index < -0.39 is 0 Å². The first-order valence-corrected chi connectivity index (χ1v) is 12.7. The highest BCUT2D eigenvalue weighted by Crippen LogP contribution is 2.44. The van der Waals surface area contributed by atoms with Crippen molar-refractivity contribution in [2.75, 3.05) is 5.75 Å². The molecule has 1 aromatic rings. The van der Waals surface area contributed by atoms with Crippen molar-refractivity contribution in [1.82, 2.24) is 0 Å². The molecule has 0 spiro atoms. The van der Waals surface area contributed by atoms with E-state index in [0.717, 1.165) is 29.1 Å². The molecule has 168 valence electrons. The van der Waals surface area contributed by atoms with E-state index in [0.29, 0.717) is 11.5 Å². The van der Waals surface area contributed by atoms with Gasteiger partial charge in [-0.25, -0.2) is 0 Å². The number of aromatic hydroxyl groups is 2. The summed E-state index contributed by atoms with van der Waals surface area (Å²) in [5.41, 5.74) is 0.821. The Balaban J connectivity index is 2.38. The van der Waals surface area contributed by atoms with Crippen LogP contribution >= 0.6 is 11.8 Å². The molecule has 3 heteroatoms. The summed E-state index contributed by atoms with van der Waals surface area (Å²) in [5.74, 6) is 1.60. The van der Waals surface area contributed by atoms with E-state index in [1.165, 1.54) is 57.8 Å². The van der Waals surface area contributed by atoms with Crippen LogP contribution in [0.3, 0.4) is 0 Å². The van der Waals surface area contributed by atoms with Crippen molar-refractivity contribution in [3.63, 3.8) is 0 Å². The first kappa shape index (κ1) is 26.2. The molecule has 29 heavy (non-hydrogen) atoms. The van der Waals surface area contributed by atoms with E-state index in [1.807, 2.05) is 0 Å². The Morgan fingerprint density at radius 3 is 1.76 bits per heavy atom. The smallest absolute Gasteiger partial charge is 0.129 e. The lowest BCUT2D eigenvalue weighted by Crippen LogP contribution is -2.24. The summed E-state index contributed by atoms with van der Waals surface area (Å²) < 4.78 is 0. The van der Waals surface area contributed by atoms with Crippen molar-refractivity contribution in [3.8, 4) is 11.5 Å². The second-order valence-electron chi connectivity index (χ2n) is 10.5. The maximum Gasteiger partial charge on any atom is 0.129 e. The van der Waals surface area contributed by atoms with Crippen molar-refractivity contribution >= 4 is 11.8 Å². The first-order chi connectivity index (χ1) is 13.6. The van der Waals surface area contributed by atoms with E-state index in [-0.39, 0.29) is 10.8 Å². The van der Waals surface area contributed by atoms with Crippen molar-refractivity contribution in [1.29, 1.82) is 0 Å². The summed E-state index contributed by atoms with van der Waals surface area (Å²) >= 11 is 1.66. The molecule has 2 nitrogen and oxygen atoms in total. The van der Waals surface area contributed by atoms with Gasteiger partial charge in [-0.2, -0.15) is 0 Å². The molecule has 1 rings (SSSR count). The van der Waals surface area contributed by atoms with E-state index in [1.54, 1.807) is 23.9 Å². The van der Waals surface area contributed by atoms with Crippen molar-refractivity contribution in [2.24, 2.45) is 5.41 Å². The van der Waals surface area contributed by atoms with Crippen LogP contribution in [0.25, 0.3) is 0 Å². The molecule has 0 radical (unpaired) electrons. The summed E-state index contributed by atoms with van der Waals surface area (Å²) in [6.45, 7) is 13.2. The average Bonchev–Trinajstić information content (AvgIpc) is 2.60. The molecular weight excluding hydrogens is 376 g/mol. The number of benzene rings is 1. The van der Waals surface area contributed by atoms with Gasteiger partial charge in [-0.1, -0.05) is 99.3 Å². The lowest BCUT2D eigenvalue weighted by molar-refractivity contribution is 0.277. The van der Waals surface area contributed by atoms with Gasteiger partial charge in [0.25, 0.3) is 0 Å². The maximum absolute atomic E-state index is 10.6. The summed E-state index contributed by atoms with van der Waals surface area (Å²) in [6, 6.07) is 3.54. The lowest BCUT2D eigenvalue weighted by atomic mass is 9.72. The Morgan fingerprint density at radius 2 is 1.24 bits per heavy atom. The molecule has 0 heterocycles. The fourth-order valence-corrected chi connectivity index (χ4v) is 5.38. The van der Waals surface area contributed by atoms with E-state index >= 15 is 0 Å². The van der Waals surface area contributed by atoms with Crippen LogP contribution in [0.15, 0.2) is 17.0 Å². The molecule has 0 aliphatic heterocycles. The molecule has 1 aromatic carbocycles. The molecule has 2 N–H and O–H groups in total. The van der Waals surface area contributed by atoms with Gasteiger partial charge >= 0.3 is 0 Å². The Labute approximate surface area is 184 Å². The van der Waals surface area contributed by atoms with Crippen molar-refractivity contribution < 1.29 is 10.2 Å². The third-order valence-electron chi connectivity index (χ3n) is 5.53. The molecule has 0 aromatic heterocycles. The molecule has 0 fully saturated rings. The molecule has 0 bridgehead atoms. The summed E-state index contributed by atoms with van der Waals surface area (Å²) in [4.78, 5) is 0.800. The van der Waals surface area contributed by atoms with Crippen LogP contribution in [0.2, 0.25) is 0 Å². The molecule has 0 atom stereocenters. The van der Waals surface area contributed by atoms with Crippen LogP contribution in [0.1, 0.15) is 118 Å². The van der Waals surface area contributed by atoms with Gasteiger partial charge in [0.1, 0.15) is 11.5 Å². The molecule has 0 amide bonds. The summed E-state index contributed by atoms with van der Waals surface area (Å²) in [6.07, 6.45) is 14.3. The zero-order chi connectivity index (χ0) is 21.9. The number of phenolic OH excluding ortho intramolecular Hbond substituents is 2. The number of phenols is 2. The highest BCUT2D eigenvalue weighted by Gasteiger charge is 2.30. The van der Waals surface area contributed by atoms with E-state index in [9.17, 15) is 10.2 Å². The number of hydrogen-bond acceptors (Lipinski definition) is 3. The lowest BCUT2D eigenvalue weighted by Gasteiger charge is -2.33. The SMILES string of the molecule is CCCCCCCCCCCCSc1cc(O)c(C(C)(C)CC(C)(C)C)cc1O. The highest BCUT2D eigenvalue weighted by molar-refractivity contribution is 7.99. The fourth-order valence-electron chi connectivity index (χ4n) is 4.41. The van der Waals surface area contributed by atoms with Crippen molar-refractivity contribution in [3.05, 3.63) is 17.7 Å². The average molecular weight is 423 g/mol. The quantitative estimate of drug-likeness (QED) is 0.179. The Kier molecular flexibility index (Phi) is 11.5. The van der Waals surface area contributed by atoms with E-state index in [2.05, 4.69) is 41.5 Å². The number of unbranched alkanes of at least 4 members (excludes halogenated alkanes) is 9. The van der Waals surface area contributed by atoms with Crippen LogP contribution < -0.4 is 0 Å². The van der Waals surface area contributed by atoms with Crippen LogP contribution in [0, 0.1) is 5.41 Å².